The van der Waals surface area contributed by atoms with Crippen LogP contribution in [0.15, 0.2) is 54.7 Å². The van der Waals surface area contributed by atoms with Gasteiger partial charge in [-0.2, -0.15) is 0 Å². The van der Waals surface area contributed by atoms with Crippen LogP contribution in [0.1, 0.15) is 37.5 Å². The van der Waals surface area contributed by atoms with Gasteiger partial charge in [0.25, 0.3) is 0 Å². The average molecular weight is 238 g/mol. The molecule has 0 amide bonds. The Bertz CT molecular complexity index is 511. The first kappa shape index (κ1) is 14.2. The number of rotatable bonds is 4. The normalized spacial score (nSPS) is 13.1. The summed E-state index contributed by atoms with van der Waals surface area (Å²) in [5.41, 5.74) is 6.25. The Morgan fingerprint density at radius 2 is 1.94 bits per heavy atom. The summed E-state index contributed by atoms with van der Waals surface area (Å²) in [5.74, 6) is 0. The lowest BCUT2D eigenvalue weighted by Gasteiger charge is -2.05. The molecule has 0 aliphatic carbocycles. The van der Waals surface area contributed by atoms with Crippen molar-refractivity contribution >= 4 is 11.6 Å². The van der Waals surface area contributed by atoms with Gasteiger partial charge in [0.05, 0.1) is 0 Å². The molecule has 0 fully saturated rings. The number of aryl methyl sites for hydroxylation is 1. The van der Waals surface area contributed by atoms with E-state index >= 15 is 0 Å². The van der Waals surface area contributed by atoms with Crippen LogP contribution in [0.25, 0.3) is 11.6 Å². The number of hydrogen-bond acceptors (Lipinski definition) is 0. The molecule has 0 N–H and O–H groups in total. The maximum absolute atomic E-state index is 3.85. The summed E-state index contributed by atoms with van der Waals surface area (Å²) < 4.78 is 0. The SMILES string of the molecule is C=Cc1cc(/C(C)=C/C=C/C(C)=C/C)ccc1C. The van der Waals surface area contributed by atoms with Crippen LogP contribution in [0.5, 0.6) is 0 Å². The van der Waals surface area contributed by atoms with Gasteiger partial charge in [-0.3, -0.25) is 0 Å². The molecule has 1 rings (SSSR count). The van der Waals surface area contributed by atoms with Crippen molar-refractivity contribution in [3.05, 3.63) is 71.3 Å². The van der Waals surface area contributed by atoms with Crippen molar-refractivity contribution in [1.29, 1.82) is 0 Å². The Balaban J connectivity index is 2.97. The van der Waals surface area contributed by atoms with Crippen molar-refractivity contribution in [3.8, 4) is 0 Å². The molecule has 0 aliphatic heterocycles. The lowest BCUT2D eigenvalue weighted by Crippen LogP contribution is -1.85. The standard InChI is InChI=1S/C18H22/c1-6-14(3)9-8-10-15(4)18-12-11-16(5)17(7-2)13-18/h6-13H,2H2,1,3-5H3/b9-8+,14-6+,15-10+. The van der Waals surface area contributed by atoms with Crippen LogP contribution < -0.4 is 0 Å². The molecule has 0 nitrogen and oxygen atoms in total. The third kappa shape index (κ3) is 3.89. The molecule has 1 aromatic carbocycles. The van der Waals surface area contributed by atoms with Gasteiger partial charge in [-0.05, 0) is 56.0 Å². The first-order chi connectivity index (χ1) is 8.58. The summed E-state index contributed by atoms with van der Waals surface area (Å²) in [5, 5.41) is 0. The number of benzene rings is 1. The van der Waals surface area contributed by atoms with Crippen LogP contribution in [-0.2, 0) is 0 Å². The van der Waals surface area contributed by atoms with E-state index in [1.54, 1.807) is 0 Å². The van der Waals surface area contributed by atoms with Gasteiger partial charge in [0.15, 0.2) is 0 Å². The van der Waals surface area contributed by atoms with Crippen molar-refractivity contribution < 1.29 is 0 Å². The second kappa shape index (κ2) is 6.80. The molecule has 0 saturated carbocycles. The van der Waals surface area contributed by atoms with Gasteiger partial charge < -0.3 is 0 Å². The van der Waals surface area contributed by atoms with E-state index in [1.807, 2.05) is 13.0 Å². The Morgan fingerprint density at radius 3 is 2.56 bits per heavy atom. The third-order valence-electron chi connectivity index (χ3n) is 3.12. The predicted octanol–water partition coefficient (Wildman–Crippen LogP) is 5.56. The zero-order chi connectivity index (χ0) is 13.5. The maximum Gasteiger partial charge on any atom is -0.0221 e. The van der Waals surface area contributed by atoms with Crippen molar-refractivity contribution in [2.24, 2.45) is 0 Å². The van der Waals surface area contributed by atoms with E-state index in [0.29, 0.717) is 0 Å². The fourth-order valence-corrected chi connectivity index (χ4v) is 1.64. The lowest BCUT2D eigenvalue weighted by molar-refractivity contribution is 1.42. The minimum atomic E-state index is 1.20. The highest BCUT2D eigenvalue weighted by atomic mass is 14.0. The Kier molecular flexibility index (Phi) is 5.38. The lowest BCUT2D eigenvalue weighted by atomic mass is 10.0. The molecule has 0 heterocycles. The Morgan fingerprint density at radius 1 is 1.22 bits per heavy atom. The summed E-state index contributed by atoms with van der Waals surface area (Å²) in [4.78, 5) is 0. The minimum absolute atomic E-state index is 1.20. The molecule has 0 bridgehead atoms. The van der Waals surface area contributed by atoms with Gasteiger partial charge in [0.2, 0.25) is 0 Å². The second-order valence-corrected chi connectivity index (χ2v) is 4.52. The number of hydrogen-bond donors (Lipinski definition) is 0. The molecule has 0 aromatic heterocycles. The maximum atomic E-state index is 3.85. The molecule has 0 atom stereocenters. The first-order valence-electron chi connectivity index (χ1n) is 6.29. The van der Waals surface area contributed by atoms with Crippen molar-refractivity contribution in [1.82, 2.24) is 0 Å². The predicted molar refractivity (Wildman–Crippen MR) is 83.5 cm³/mol. The van der Waals surface area contributed by atoms with Crippen LogP contribution in [0.3, 0.4) is 0 Å². The quantitative estimate of drug-likeness (QED) is 0.602. The fraction of sp³-hybridized carbons (Fsp3) is 0.222. The van der Waals surface area contributed by atoms with Crippen LogP contribution in [-0.4, -0.2) is 0 Å². The Labute approximate surface area is 111 Å². The van der Waals surface area contributed by atoms with Gasteiger partial charge in [-0.25, -0.2) is 0 Å². The van der Waals surface area contributed by atoms with Gasteiger partial charge in [0, 0.05) is 0 Å². The van der Waals surface area contributed by atoms with E-state index in [-0.39, 0.29) is 0 Å². The summed E-state index contributed by atoms with van der Waals surface area (Å²) in [7, 11) is 0. The highest BCUT2D eigenvalue weighted by Gasteiger charge is 1.98. The molecular formula is C18H22. The third-order valence-corrected chi connectivity index (χ3v) is 3.12. The van der Waals surface area contributed by atoms with Crippen molar-refractivity contribution in [2.75, 3.05) is 0 Å². The van der Waals surface area contributed by atoms with Crippen molar-refractivity contribution in [3.63, 3.8) is 0 Å². The summed E-state index contributed by atoms with van der Waals surface area (Å²) in [6.07, 6.45) is 10.4. The Hall–Kier alpha value is -1.82. The zero-order valence-electron chi connectivity index (χ0n) is 11.8. The molecule has 94 valence electrons. The topological polar surface area (TPSA) is 0 Å². The molecule has 18 heavy (non-hydrogen) atoms. The molecule has 0 aliphatic rings. The molecule has 0 saturated heterocycles. The first-order valence-corrected chi connectivity index (χ1v) is 6.29. The largest absolute Gasteiger partial charge is 0.0985 e. The molecule has 0 heteroatoms. The van der Waals surface area contributed by atoms with E-state index in [1.165, 1.54) is 27.8 Å². The summed E-state index contributed by atoms with van der Waals surface area (Å²) >= 11 is 0. The molecule has 0 radical (unpaired) electrons. The van der Waals surface area contributed by atoms with Crippen LogP contribution >= 0.6 is 0 Å². The van der Waals surface area contributed by atoms with E-state index in [4.69, 9.17) is 0 Å². The van der Waals surface area contributed by atoms with Gasteiger partial charge >= 0.3 is 0 Å². The number of allylic oxidation sites excluding steroid dienone is 6. The fourth-order valence-electron chi connectivity index (χ4n) is 1.64. The zero-order valence-corrected chi connectivity index (χ0v) is 11.8. The van der Waals surface area contributed by atoms with Crippen LogP contribution in [0.4, 0.5) is 0 Å². The van der Waals surface area contributed by atoms with E-state index in [9.17, 15) is 0 Å². The highest BCUT2D eigenvalue weighted by molar-refractivity contribution is 5.68. The average Bonchev–Trinajstić information content (AvgIpc) is 2.38. The monoisotopic (exact) mass is 238 g/mol. The summed E-state index contributed by atoms with van der Waals surface area (Å²) in [6.45, 7) is 12.2. The minimum Gasteiger partial charge on any atom is -0.0985 e. The van der Waals surface area contributed by atoms with E-state index in [0.717, 1.165) is 0 Å². The van der Waals surface area contributed by atoms with Gasteiger partial charge in [-0.15, -0.1) is 0 Å². The smallest absolute Gasteiger partial charge is 0.0221 e. The second-order valence-electron chi connectivity index (χ2n) is 4.52. The highest BCUT2D eigenvalue weighted by Crippen LogP contribution is 2.19. The van der Waals surface area contributed by atoms with Crippen molar-refractivity contribution in [2.45, 2.75) is 27.7 Å². The molecule has 1 aromatic rings. The van der Waals surface area contributed by atoms with Gasteiger partial charge in [-0.1, -0.05) is 54.7 Å². The van der Waals surface area contributed by atoms with E-state index in [2.05, 4.69) is 69.9 Å². The summed E-state index contributed by atoms with van der Waals surface area (Å²) in [6, 6.07) is 6.49. The molecule has 0 spiro atoms. The van der Waals surface area contributed by atoms with Gasteiger partial charge in [0.1, 0.15) is 0 Å². The molecule has 0 unspecified atom stereocenters. The van der Waals surface area contributed by atoms with Crippen LogP contribution in [0.2, 0.25) is 0 Å². The molecular weight excluding hydrogens is 216 g/mol. The van der Waals surface area contributed by atoms with Crippen LogP contribution in [0, 0.1) is 6.92 Å². The van der Waals surface area contributed by atoms with E-state index < -0.39 is 0 Å².